The molecular formula is C23H22N4O2. The highest BCUT2D eigenvalue weighted by molar-refractivity contribution is 5.94. The predicted octanol–water partition coefficient (Wildman–Crippen LogP) is 3.68. The second-order valence-corrected chi connectivity index (χ2v) is 6.90. The zero-order chi connectivity index (χ0) is 20.4. The van der Waals surface area contributed by atoms with Crippen LogP contribution in [0.2, 0.25) is 0 Å². The molecule has 4 rings (SSSR count). The zero-order valence-electron chi connectivity index (χ0n) is 16.4. The van der Waals surface area contributed by atoms with Crippen LogP contribution in [0.3, 0.4) is 0 Å². The van der Waals surface area contributed by atoms with Crippen LogP contribution in [0.1, 0.15) is 23.1 Å². The van der Waals surface area contributed by atoms with Crippen LogP contribution in [0.15, 0.2) is 71.5 Å². The van der Waals surface area contributed by atoms with Crippen molar-refractivity contribution < 1.29 is 4.79 Å². The number of H-pyrrole nitrogens is 1. The maximum absolute atomic E-state index is 12.9. The van der Waals surface area contributed by atoms with Crippen LogP contribution in [0.4, 0.5) is 0 Å². The molecule has 2 aromatic carbocycles. The SMILES string of the molecule is CCn1c(CN(C)C(=O)c2ccc(-c3ccccc3)[nH]c2=O)nc2ccccc21. The minimum absolute atomic E-state index is 0.117. The Hall–Kier alpha value is -3.67. The topological polar surface area (TPSA) is 71.0 Å². The van der Waals surface area contributed by atoms with E-state index in [1.54, 1.807) is 19.2 Å². The lowest BCUT2D eigenvalue weighted by molar-refractivity contribution is 0.0778. The molecule has 2 heterocycles. The van der Waals surface area contributed by atoms with Crippen LogP contribution >= 0.6 is 0 Å². The summed E-state index contributed by atoms with van der Waals surface area (Å²) in [5.74, 6) is 0.461. The van der Waals surface area contributed by atoms with Crippen LogP contribution in [0, 0.1) is 0 Å². The highest BCUT2D eigenvalue weighted by atomic mass is 16.2. The van der Waals surface area contributed by atoms with E-state index in [2.05, 4.69) is 14.5 Å². The highest BCUT2D eigenvalue weighted by Crippen LogP contribution is 2.18. The van der Waals surface area contributed by atoms with Gasteiger partial charge in [-0.1, -0.05) is 42.5 Å². The van der Waals surface area contributed by atoms with Gasteiger partial charge in [0.15, 0.2) is 0 Å². The number of aryl methyl sites for hydroxylation is 1. The van der Waals surface area contributed by atoms with Gasteiger partial charge in [-0.15, -0.1) is 0 Å². The Balaban J connectivity index is 1.59. The van der Waals surface area contributed by atoms with E-state index in [0.29, 0.717) is 12.2 Å². The molecule has 2 aromatic heterocycles. The molecule has 0 aliphatic rings. The first kappa shape index (κ1) is 18.7. The molecule has 6 heteroatoms. The van der Waals surface area contributed by atoms with E-state index in [-0.39, 0.29) is 11.5 Å². The number of nitrogens with zero attached hydrogens (tertiary/aromatic N) is 3. The van der Waals surface area contributed by atoms with Gasteiger partial charge in [0.2, 0.25) is 0 Å². The van der Waals surface area contributed by atoms with Crippen LogP contribution in [0.5, 0.6) is 0 Å². The monoisotopic (exact) mass is 386 g/mol. The molecule has 0 bridgehead atoms. The number of aromatic nitrogens is 3. The molecule has 1 N–H and O–H groups in total. The van der Waals surface area contributed by atoms with Crippen LogP contribution in [-0.2, 0) is 13.1 Å². The van der Waals surface area contributed by atoms with Crippen molar-refractivity contribution in [3.05, 3.63) is 88.5 Å². The number of benzene rings is 2. The zero-order valence-corrected chi connectivity index (χ0v) is 16.4. The molecule has 0 saturated heterocycles. The third-order valence-corrected chi connectivity index (χ3v) is 5.00. The quantitative estimate of drug-likeness (QED) is 0.569. The molecule has 146 valence electrons. The average Bonchev–Trinajstić information content (AvgIpc) is 3.10. The number of carbonyl (C=O) groups excluding carboxylic acids is 1. The van der Waals surface area contributed by atoms with Gasteiger partial charge >= 0.3 is 0 Å². The Morgan fingerprint density at radius 3 is 2.48 bits per heavy atom. The predicted molar refractivity (Wildman–Crippen MR) is 114 cm³/mol. The summed E-state index contributed by atoms with van der Waals surface area (Å²) in [6.45, 7) is 3.12. The largest absolute Gasteiger partial charge is 0.334 e. The van der Waals surface area contributed by atoms with Gasteiger partial charge in [-0.25, -0.2) is 4.98 Å². The van der Waals surface area contributed by atoms with Crippen LogP contribution < -0.4 is 5.56 Å². The summed E-state index contributed by atoms with van der Waals surface area (Å²) < 4.78 is 2.09. The number of hydrogen-bond acceptors (Lipinski definition) is 3. The number of para-hydroxylation sites is 2. The molecule has 0 atom stereocenters. The smallest absolute Gasteiger partial charge is 0.261 e. The molecule has 0 fully saturated rings. The second kappa shape index (κ2) is 7.75. The van der Waals surface area contributed by atoms with Gasteiger partial charge in [0.05, 0.1) is 17.6 Å². The standard InChI is InChI=1S/C23H22N4O2/c1-3-27-20-12-8-7-11-19(20)24-21(27)15-26(2)23(29)17-13-14-18(25-22(17)28)16-9-5-4-6-10-16/h4-14H,3,15H2,1-2H3,(H,25,28). The fourth-order valence-electron chi connectivity index (χ4n) is 3.52. The molecule has 1 amide bonds. The summed E-state index contributed by atoms with van der Waals surface area (Å²) in [5, 5.41) is 0. The first-order valence-electron chi connectivity index (χ1n) is 9.57. The number of hydrogen-bond donors (Lipinski definition) is 1. The van der Waals surface area contributed by atoms with Gasteiger partial charge in [0.25, 0.3) is 11.5 Å². The highest BCUT2D eigenvalue weighted by Gasteiger charge is 2.19. The van der Waals surface area contributed by atoms with E-state index in [0.717, 1.165) is 29.0 Å². The van der Waals surface area contributed by atoms with E-state index in [1.165, 1.54) is 4.90 Å². The summed E-state index contributed by atoms with van der Waals surface area (Å²) in [7, 11) is 1.69. The van der Waals surface area contributed by atoms with Crippen molar-refractivity contribution >= 4 is 16.9 Å². The summed E-state index contributed by atoms with van der Waals surface area (Å²) in [4.78, 5) is 34.5. The van der Waals surface area contributed by atoms with Gasteiger partial charge in [-0.05, 0) is 36.8 Å². The summed E-state index contributed by atoms with van der Waals surface area (Å²) in [6, 6.07) is 20.8. The van der Waals surface area contributed by atoms with Crippen LogP contribution in [-0.4, -0.2) is 32.4 Å². The van der Waals surface area contributed by atoms with Crippen molar-refractivity contribution in [2.24, 2.45) is 0 Å². The Morgan fingerprint density at radius 2 is 1.76 bits per heavy atom. The van der Waals surface area contributed by atoms with Gasteiger partial charge in [-0.2, -0.15) is 0 Å². The Bertz CT molecular complexity index is 1220. The minimum atomic E-state index is -0.396. The van der Waals surface area contributed by atoms with Crippen molar-refractivity contribution in [2.45, 2.75) is 20.0 Å². The number of pyridine rings is 1. The van der Waals surface area contributed by atoms with Crippen molar-refractivity contribution in [3.63, 3.8) is 0 Å². The molecule has 0 spiro atoms. The van der Waals surface area contributed by atoms with Crippen molar-refractivity contribution in [1.82, 2.24) is 19.4 Å². The Kier molecular flexibility index (Phi) is 4.99. The Labute approximate surface area is 168 Å². The Morgan fingerprint density at radius 1 is 1.03 bits per heavy atom. The summed E-state index contributed by atoms with van der Waals surface area (Å²) in [6.07, 6.45) is 0. The first-order chi connectivity index (χ1) is 14.1. The lowest BCUT2D eigenvalue weighted by Crippen LogP contribution is -2.32. The molecule has 0 unspecified atom stereocenters. The van der Waals surface area contributed by atoms with E-state index in [9.17, 15) is 9.59 Å². The maximum Gasteiger partial charge on any atom is 0.261 e. The summed E-state index contributed by atoms with van der Waals surface area (Å²) >= 11 is 0. The molecule has 4 aromatic rings. The molecule has 0 radical (unpaired) electrons. The lowest BCUT2D eigenvalue weighted by atomic mass is 10.1. The van der Waals surface area contributed by atoms with Crippen molar-refractivity contribution in [1.29, 1.82) is 0 Å². The number of aromatic amines is 1. The van der Waals surface area contributed by atoms with E-state index >= 15 is 0 Å². The third-order valence-electron chi connectivity index (χ3n) is 5.00. The fraction of sp³-hybridized carbons (Fsp3) is 0.174. The summed E-state index contributed by atoms with van der Waals surface area (Å²) in [5.41, 5.74) is 3.24. The first-order valence-corrected chi connectivity index (χ1v) is 9.57. The maximum atomic E-state index is 12.9. The average molecular weight is 386 g/mol. The number of nitrogens with one attached hydrogen (secondary N) is 1. The van der Waals surface area contributed by atoms with E-state index in [4.69, 9.17) is 0 Å². The van der Waals surface area contributed by atoms with Crippen molar-refractivity contribution in [3.8, 4) is 11.3 Å². The number of imidazole rings is 1. The fourth-order valence-corrected chi connectivity index (χ4v) is 3.52. The molecule has 0 aliphatic heterocycles. The van der Waals surface area contributed by atoms with Crippen LogP contribution in [0.25, 0.3) is 22.3 Å². The molecule has 0 saturated carbocycles. The molecule has 6 nitrogen and oxygen atoms in total. The van der Waals surface area contributed by atoms with Gasteiger partial charge in [0, 0.05) is 19.3 Å². The van der Waals surface area contributed by atoms with Crippen molar-refractivity contribution in [2.75, 3.05) is 7.05 Å². The number of rotatable bonds is 5. The normalized spacial score (nSPS) is 11.0. The number of fused-ring (bicyclic) bond motifs is 1. The van der Waals surface area contributed by atoms with E-state index in [1.807, 2.05) is 61.5 Å². The lowest BCUT2D eigenvalue weighted by Gasteiger charge is -2.17. The minimum Gasteiger partial charge on any atom is -0.334 e. The molecular weight excluding hydrogens is 364 g/mol. The number of amides is 1. The van der Waals surface area contributed by atoms with Gasteiger partial charge in [-0.3, -0.25) is 9.59 Å². The second-order valence-electron chi connectivity index (χ2n) is 6.90. The third kappa shape index (κ3) is 3.57. The molecule has 0 aliphatic carbocycles. The van der Waals surface area contributed by atoms with Gasteiger partial charge < -0.3 is 14.5 Å². The van der Waals surface area contributed by atoms with E-state index < -0.39 is 5.56 Å². The van der Waals surface area contributed by atoms with Gasteiger partial charge in [0.1, 0.15) is 11.4 Å². The molecule has 29 heavy (non-hydrogen) atoms. The number of carbonyl (C=O) groups is 1.